The molecule has 0 saturated heterocycles. The van der Waals surface area contributed by atoms with E-state index >= 15 is 0 Å². The second-order valence-corrected chi connectivity index (χ2v) is 6.54. The first-order chi connectivity index (χ1) is 12.5. The van der Waals surface area contributed by atoms with Gasteiger partial charge in [-0.3, -0.25) is 14.9 Å². The summed E-state index contributed by atoms with van der Waals surface area (Å²) in [6.07, 6.45) is 2.90. The van der Waals surface area contributed by atoms with Crippen LogP contribution in [0.1, 0.15) is 41.2 Å². The molecular weight excluding hydrogens is 366 g/mol. The van der Waals surface area contributed by atoms with Gasteiger partial charge in [0.1, 0.15) is 0 Å². The molecule has 0 spiro atoms. The highest BCUT2D eigenvalue weighted by Gasteiger charge is 2.16. The first-order valence-corrected chi connectivity index (χ1v) is 8.72. The second-order valence-electron chi connectivity index (χ2n) is 6.54. The molecule has 0 aliphatic rings. The number of hydrogen-bond donors (Lipinski definition) is 1. The van der Waals surface area contributed by atoms with Crippen LogP contribution in [0.25, 0.3) is 0 Å². The summed E-state index contributed by atoms with van der Waals surface area (Å²) in [4.78, 5) is 25.0. The molecule has 2 aromatic rings. The lowest BCUT2D eigenvalue weighted by molar-refractivity contribution is -0.384. The molecular formula is C20H26ClN3O3. The van der Waals surface area contributed by atoms with Gasteiger partial charge in [-0.2, -0.15) is 0 Å². The number of nitrogens with one attached hydrogen (secondary N) is 1. The predicted molar refractivity (Wildman–Crippen MR) is 109 cm³/mol. The van der Waals surface area contributed by atoms with Crippen molar-refractivity contribution in [2.24, 2.45) is 0 Å². The number of nitrogens with zero attached hydrogens (tertiary/aromatic N) is 2. The van der Waals surface area contributed by atoms with E-state index in [1.807, 2.05) is 44.4 Å². The van der Waals surface area contributed by atoms with Gasteiger partial charge in [-0.05, 0) is 57.6 Å². The van der Waals surface area contributed by atoms with Crippen molar-refractivity contribution in [2.45, 2.75) is 25.3 Å². The van der Waals surface area contributed by atoms with Crippen LogP contribution >= 0.6 is 12.4 Å². The van der Waals surface area contributed by atoms with E-state index in [-0.39, 0.29) is 30.0 Å². The molecule has 0 radical (unpaired) electrons. The third kappa shape index (κ3) is 7.37. The molecule has 27 heavy (non-hydrogen) atoms. The summed E-state index contributed by atoms with van der Waals surface area (Å²) in [6.45, 7) is 1.01. The minimum absolute atomic E-state index is 0. The zero-order chi connectivity index (χ0) is 18.9. The third-order valence-corrected chi connectivity index (χ3v) is 4.20. The lowest BCUT2D eigenvalue weighted by Gasteiger charge is -2.20. The van der Waals surface area contributed by atoms with Crippen LogP contribution in [0.15, 0.2) is 54.6 Å². The van der Waals surface area contributed by atoms with Gasteiger partial charge in [0.25, 0.3) is 11.6 Å². The number of nitro benzene ring substituents is 1. The Morgan fingerprint density at radius 1 is 1.07 bits per heavy atom. The Bertz CT molecular complexity index is 721. The Balaban J connectivity index is 0.00000364. The summed E-state index contributed by atoms with van der Waals surface area (Å²) in [5.41, 5.74) is 1.46. The van der Waals surface area contributed by atoms with E-state index in [9.17, 15) is 14.9 Å². The van der Waals surface area contributed by atoms with Gasteiger partial charge in [-0.15, -0.1) is 12.4 Å². The van der Waals surface area contributed by atoms with Crippen molar-refractivity contribution in [3.8, 4) is 0 Å². The number of carbonyl (C=O) groups excluding carboxylic acids is 1. The quantitative estimate of drug-likeness (QED) is 0.394. The van der Waals surface area contributed by atoms with Crippen molar-refractivity contribution < 1.29 is 9.72 Å². The minimum atomic E-state index is -0.473. The number of halogens is 1. The maximum atomic E-state index is 12.6. The molecule has 7 heteroatoms. The molecule has 0 fully saturated rings. The van der Waals surface area contributed by atoms with Crippen molar-refractivity contribution in [1.29, 1.82) is 0 Å². The topological polar surface area (TPSA) is 75.5 Å². The van der Waals surface area contributed by atoms with Gasteiger partial charge in [-0.25, -0.2) is 0 Å². The SMILES string of the molecule is CN(C)CCCCC(NC(=O)c1ccc([N+](=O)[O-])cc1)c1ccccc1.Cl. The van der Waals surface area contributed by atoms with Crippen molar-refractivity contribution in [2.75, 3.05) is 20.6 Å². The van der Waals surface area contributed by atoms with Crippen LogP contribution in [0.4, 0.5) is 5.69 Å². The van der Waals surface area contributed by atoms with E-state index in [0.29, 0.717) is 5.56 Å². The molecule has 0 aromatic heterocycles. The highest BCUT2D eigenvalue weighted by atomic mass is 35.5. The maximum absolute atomic E-state index is 12.6. The van der Waals surface area contributed by atoms with Crippen molar-refractivity contribution in [3.63, 3.8) is 0 Å². The Labute approximate surface area is 166 Å². The first kappa shape index (κ1) is 22.6. The molecule has 0 saturated carbocycles. The molecule has 0 aliphatic heterocycles. The molecule has 0 bridgehead atoms. The van der Waals surface area contributed by atoms with Gasteiger partial charge < -0.3 is 10.2 Å². The Morgan fingerprint density at radius 2 is 1.70 bits per heavy atom. The maximum Gasteiger partial charge on any atom is 0.269 e. The van der Waals surface area contributed by atoms with Crippen LogP contribution in [0, 0.1) is 10.1 Å². The van der Waals surface area contributed by atoms with Crippen LogP contribution in [0.5, 0.6) is 0 Å². The largest absolute Gasteiger partial charge is 0.345 e. The molecule has 1 N–H and O–H groups in total. The standard InChI is InChI=1S/C20H25N3O3.ClH/c1-22(2)15-7-6-10-19(16-8-4-3-5-9-16)21-20(24)17-11-13-18(14-12-17)23(25)26;/h3-5,8-9,11-14,19H,6-7,10,15H2,1-2H3,(H,21,24);1H. The second kappa shape index (κ2) is 11.3. The van der Waals surface area contributed by atoms with Crippen LogP contribution in [0.2, 0.25) is 0 Å². The third-order valence-electron chi connectivity index (χ3n) is 4.20. The van der Waals surface area contributed by atoms with E-state index in [0.717, 1.165) is 31.4 Å². The molecule has 1 amide bonds. The molecule has 0 heterocycles. The number of hydrogen-bond acceptors (Lipinski definition) is 4. The Morgan fingerprint density at radius 3 is 2.26 bits per heavy atom. The van der Waals surface area contributed by atoms with E-state index < -0.39 is 4.92 Å². The molecule has 146 valence electrons. The minimum Gasteiger partial charge on any atom is -0.345 e. The number of unbranched alkanes of at least 4 members (excludes halogenated alkanes) is 1. The summed E-state index contributed by atoms with van der Waals surface area (Å²) >= 11 is 0. The normalized spacial score (nSPS) is 11.5. The average Bonchev–Trinajstić information content (AvgIpc) is 2.64. The smallest absolute Gasteiger partial charge is 0.269 e. The van der Waals surface area contributed by atoms with E-state index in [2.05, 4.69) is 10.2 Å². The van der Waals surface area contributed by atoms with Crippen molar-refractivity contribution in [1.82, 2.24) is 10.2 Å². The van der Waals surface area contributed by atoms with Gasteiger partial charge in [0.15, 0.2) is 0 Å². The molecule has 1 atom stereocenters. The number of carbonyl (C=O) groups is 1. The van der Waals surface area contributed by atoms with E-state index in [1.54, 1.807) is 0 Å². The molecule has 0 aliphatic carbocycles. The van der Waals surface area contributed by atoms with Crippen LogP contribution in [-0.4, -0.2) is 36.4 Å². The van der Waals surface area contributed by atoms with Crippen molar-refractivity contribution >= 4 is 24.0 Å². The molecule has 2 aromatic carbocycles. The summed E-state index contributed by atoms with van der Waals surface area (Å²) in [6, 6.07) is 15.5. The van der Waals surface area contributed by atoms with E-state index in [4.69, 9.17) is 0 Å². The Hall–Kier alpha value is -2.44. The van der Waals surface area contributed by atoms with Gasteiger partial charge in [0.05, 0.1) is 11.0 Å². The highest BCUT2D eigenvalue weighted by molar-refractivity contribution is 5.94. The van der Waals surface area contributed by atoms with Crippen LogP contribution < -0.4 is 5.32 Å². The predicted octanol–water partition coefficient (Wildman–Crippen LogP) is 4.22. The van der Waals surface area contributed by atoms with Gasteiger partial charge >= 0.3 is 0 Å². The summed E-state index contributed by atoms with van der Waals surface area (Å²) in [5, 5.41) is 13.8. The number of non-ortho nitro benzene ring substituents is 1. The van der Waals surface area contributed by atoms with E-state index in [1.165, 1.54) is 24.3 Å². The van der Waals surface area contributed by atoms with Crippen molar-refractivity contribution in [3.05, 3.63) is 75.8 Å². The van der Waals surface area contributed by atoms with Gasteiger partial charge in [0.2, 0.25) is 0 Å². The summed E-state index contributed by atoms with van der Waals surface area (Å²) < 4.78 is 0. The van der Waals surface area contributed by atoms with Gasteiger partial charge in [-0.1, -0.05) is 30.3 Å². The number of benzene rings is 2. The monoisotopic (exact) mass is 391 g/mol. The summed E-state index contributed by atoms with van der Waals surface area (Å²) in [7, 11) is 4.09. The number of rotatable bonds is 9. The van der Waals surface area contributed by atoms with Crippen LogP contribution in [-0.2, 0) is 0 Å². The Kier molecular flexibility index (Phi) is 9.47. The molecule has 1 unspecified atom stereocenters. The summed E-state index contributed by atoms with van der Waals surface area (Å²) in [5.74, 6) is -0.221. The highest BCUT2D eigenvalue weighted by Crippen LogP contribution is 2.20. The fourth-order valence-electron chi connectivity index (χ4n) is 2.76. The number of amides is 1. The molecule has 6 nitrogen and oxygen atoms in total. The first-order valence-electron chi connectivity index (χ1n) is 8.72. The lowest BCUT2D eigenvalue weighted by atomic mass is 10.00. The zero-order valence-electron chi connectivity index (χ0n) is 15.6. The average molecular weight is 392 g/mol. The fraction of sp³-hybridized carbons (Fsp3) is 0.350. The lowest BCUT2D eigenvalue weighted by Crippen LogP contribution is -2.28. The molecule has 2 rings (SSSR count). The number of nitro groups is 1. The van der Waals surface area contributed by atoms with Gasteiger partial charge in [0, 0.05) is 17.7 Å². The van der Waals surface area contributed by atoms with Crippen LogP contribution in [0.3, 0.4) is 0 Å². The fourth-order valence-corrected chi connectivity index (χ4v) is 2.76. The zero-order valence-corrected chi connectivity index (χ0v) is 16.4.